The van der Waals surface area contributed by atoms with Gasteiger partial charge < -0.3 is 4.74 Å². The van der Waals surface area contributed by atoms with Crippen molar-refractivity contribution < 1.29 is 22.7 Å². The van der Waals surface area contributed by atoms with Gasteiger partial charge in [-0.15, -0.1) is 0 Å². The highest BCUT2D eigenvalue weighted by Crippen LogP contribution is 2.35. The SMILES string of the molecule is CC(C)(C)OC(=O)c1ccc(C(F)(F)F)c(Br)c1. The van der Waals surface area contributed by atoms with Gasteiger partial charge in [-0.25, -0.2) is 4.79 Å². The molecule has 0 saturated heterocycles. The van der Waals surface area contributed by atoms with E-state index in [2.05, 4.69) is 15.9 Å². The molecule has 0 aliphatic heterocycles. The van der Waals surface area contributed by atoms with Gasteiger partial charge in [-0.05, 0) is 39.0 Å². The summed E-state index contributed by atoms with van der Waals surface area (Å²) in [6, 6.07) is 3.06. The van der Waals surface area contributed by atoms with Crippen LogP contribution in [0.1, 0.15) is 36.7 Å². The third-order valence-corrected chi connectivity index (χ3v) is 2.57. The van der Waals surface area contributed by atoms with E-state index in [1.54, 1.807) is 20.8 Å². The van der Waals surface area contributed by atoms with E-state index in [0.29, 0.717) is 0 Å². The highest BCUT2D eigenvalue weighted by Gasteiger charge is 2.33. The topological polar surface area (TPSA) is 26.3 Å². The predicted octanol–water partition coefficient (Wildman–Crippen LogP) is 4.42. The number of halogens is 4. The van der Waals surface area contributed by atoms with Crippen LogP contribution in [0.5, 0.6) is 0 Å². The molecule has 0 heterocycles. The molecule has 0 amide bonds. The molecule has 0 fully saturated rings. The zero-order valence-corrected chi connectivity index (χ0v) is 11.6. The van der Waals surface area contributed by atoms with Crippen LogP contribution < -0.4 is 0 Å². The number of hydrogen-bond donors (Lipinski definition) is 0. The maximum Gasteiger partial charge on any atom is 0.417 e. The lowest BCUT2D eigenvalue weighted by Gasteiger charge is -2.19. The minimum Gasteiger partial charge on any atom is -0.456 e. The van der Waals surface area contributed by atoms with Gasteiger partial charge in [0.15, 0.2) is 0 Å². The lowest BCUT2D eigenvalue weighted by atomic mass is 10.1. The van der Waals surface area contributed by atoms with Crippen LogP contribution in [0.4, 0.5) is 13.2 Å². The van der Waals surface area contributed by atoms with Gasteiger partial charge in [0.1, 0.15) is 5.60 Å². The van der Waals surface area contributed by atoms with Gasteiger partial charge in [-0.2, -0.15) is 13.2 Å². The molecule has 0 aromatic heterocycles. The number of alkyl halides is 3. The van der Waals surface area contributed by atoms with Crippen molar-refractivity contribution >= 4 is 21.9 Å². The van der Waals surface area contributed by atoms with E-state index in [0.717, 1.165) is 18.2 Å². The third-order valence-electron chi connectivity index (χ3n) is 1.91. The van der Waals surface area contributed by atoms with Crippen molar-refractivity contribution in [3.05, 3.63) is 33.8 Å². The Labute approximate surface area is 111 Å². The van der Waals surface area contributed by atoms with Crippen LogP contribution in [0.3, 0.4) is 0 Å². The van der Waals surface area contributed by atoms with E-state index in [1.807, 2.05) is 0 Å². The summed E-state index contributed by atoms with van der Waals surface area (Å²) in [5.41, 5.74) is -1.44. The number of benzene rings is 1. The van der Waals surface area contributed by atoms with Crippen LogP contribution in [0.15, 0.2) is 22.7 Å². The Morgan fingerprint density at radius 1 is 1.22 bits per heavy atom. The second-order valence-corrected chi connectivity index (χ2v) is 5.55. The summed E-state index contributed by atoms with van der Waals surface area (Å²) in [6.45, 7) is 5.05. The van der Waals surface area contributed by atoms with Crippen molar-refractivity contribution in [3.63, 3.8) is 0 Å². The first-order chi connectivity index (χ1) is 8.00. The minimum atomic E-state index is -4.45. The van der Waals surface area contributed by atoms with Gasteiger partial charge in [0.2, 0.25) is 0 Å². The lowest BCUT2D eigenvalue weighted by molar-refractivity contribution is -0.138. The molecular weight excluding hydrogens is 313 g/mol. The molecule has 100 valence electrons. The molecule has 0 aliphatic carbocycles. The molecule has 0 radical (unpaired) electrons. The molecule has 2 nitrogen and oxygen atoms in total. The monoisotopic (exact) mass is 324 g/mol. The molecule has 0 atom stereocenters. The average Bonchev–Trinajstić information content (AvgIpc) is 2.12. The molecule has 0 spiro atoms. The van der Waals surface area contributed by atoms with Crippen molar-refractivity contribution in [2.75, 3.05) is 0 Å². The largest absolute Gasteiger partial charge is 0.456 e. The Hall–Kier alpha value is -1.04. The second kappa shape index (κ2) is 4.91. The van der Waals surface area contributed by atoms with Crippen LogP contribution in [-0.4, -0.2) is 11.6 Å². The first kappa shape index (κ1) is 15.0. The fourth-order valence-electron chi connectivity index (χ4n) is 1.21. The fraction of sp³-hybridized carbons (Fsp3) is 0.417. The Bertz CT molecular complexity index is 461. The van der Waals surface area contributed by atoms with Gasteiger partial charge in [0.05, 0.1) is 11.1 Å². The van der Waals surface area contributed by atoms with Gasteiger partial charge in [0, 0.05) is 4.47 Å². The lowest BCUT2D eigenvalue weighted by Crippen LogP contribution is -2.24. The number of carbonyl (C=O) groups is 1. The standard InChI is InChI=1S/C12H12BrF3O2/c1-11(2,3)18-10(17)7-4-5-8(9(13)6-7)12(14,15)16/h4-6H,1-3H3. The number of esters is 1. The fourth-order valence-corrected chi connectivity index (χ4v) is 1.81. The molecule has 0 aliphatic rings. The zero-order valence-electron chi connectivity index (χ0n) is 10.1. The molecule has 18 heavy (non-hydrogen) atoms. The summed E-state index contributed by atoms with van der Waals surface area (Å²) < 4.78 is 42.4. The molecule has 1 aromatic carbocycles. The molecule has 1 rings (SSSR count). The molecule has 0 N–H and O–H groups in total. The van der Waals surface area contributed by atoms with Gasteiger partial charge in [-0.1, -0.05) is 15.9 Å². The highest BCUT2D eigenvalue weighted by molar-refractivity contribution is 9.10. The van der Waals surface area contributed by atoms with E-state index in [4.69, 9.17) is 4.74 Å². The smallest absolute Gasteiger partial charge is 0.417 e. The molecule has 0 bridgehead atoms. The normalized spacial score (nSPS) is 12.4. The van der Waals surface area contributed by atoms with Crippen LogP contribution in [0.25, 0.3) is 0 Å². The van der Waals surface area contributed by atoms with Crippen LogP contribution in [0, 0.1) is 0 Å². The first-order valence-corrected chi connectivity index (χ1v) is 5.90. The maximum atomic E-state index is 12.5. The van der Waals surface area contributed by atoms with Gasteiger partial charge >= 0.3 is 12.1 Å². The summed E-state index contributed by atoms with van der Waals surface area (Å²) in [7, 11) is 0. The summed E-state index contributed by atoms with van der Waals surface area (Å²) in [5.74, 6) is -0.656. The molecular formula is C12H12BrF3O2. The molecule has 0 unspecified atom stereocenters. The van der Waals surface area contributed by atoms with Crippen molar-refractivity contribution in [2.24, 2.45) is 0 Å². The van der Waals surface area contributed by atoms with E-state index < -0.39 is 23.3 Å². The Morgan fingerprint density at radius 2 is 1.78 bits per heavy atom. The third kappa shape index (κ3) is 4.01. The predicted molar refractivity (Wildman–Crippen MR) is 64.3 cm³/mol. The first-order valence-electron chi connectivity index (χ1n) is 5.11. The summed E-state index contributed by atoms with van der Waals surface area (Å²) >= 11 is 2.80. The summed E-state index contributed by atoms with van der Waals surface area (Å²) in [5, 5.41) is 0. The minimum absolute atomic E-state index is 0.0739. The van der Waals surface area contributed by atoms with Crippen molar-refractivity contribution in [2.45, 2.75) is 32.5 Å². The Morgan fingerprint density at radius 3 is 2.17 bits per heavy atom. The molecule has 6 heteroatoms. The number of rotatable bonds is 1. The number of hydrogen-bond acceptors (Lipinski definition) is 2. The highest BCUT2D eigenvalue weighted by atomic mass is 79.9. The number of carbonyl (C=O) groups excluding carboxylic acids is 1. The molecule has 1 aromatic rings. The molecule has 0 saturated carbocycles. The zero-order chi connectivity index (χ0) is 14.1. The van der Waals surface area contributed by atoms with Crippen molar-refractivity contribution in [1.29, 1.82) is 0 Å². The van der Waals surface area contributed by atoms with E-state index >= 15 is 0 Å². The second-order valence-electron chi connectivity index (χ2n) is 4.69. The van der Waals surface area contributed by atoms with Crippen molar-refractivity contribution in [1.82, 2.24) is 0 Å². The van der Waals surface area contributed by atoms with Gasteiger partial charge in [-0.3, -0.25) is 0 Å². The van der Waals surface area contributed by atoms with E-state index in [9.17, 15) is 18.0 Å². The van der Waals surface area contributed by atoms with Crippen molar-refractivity contribution in [3.8, 4) is 0 Å². The van der Waals surface area contributed by atoms with E-state index in [1.165, 1.54) is 0 Å². The summed E-state index contributed by atoms with van der Waals surface area (Å²) in [4.78, 5) is 11.6. The quantitative estimate of drug-likeness (QED) is 0.714. The Balaban J connectivity index is 3.02. The van der Waals surface area contributed by atoms with Crippen LogP contribution in [0.2, 0.25) is 0 Å². The summed E-state index contributed by atoms with van der Waals surface area (Å²) in [6.07, 6.45) is -4.45. The average molecular weight is 325 g/mol. The maximum absolute atomic E-state index is 12.5. The number of ether oxygens (including phenoxy) is 1. The van der Waals surface area contributed by atoms with Crippen LogP contribution >= 0.6 is 15.9 Å². The van der Waals surface area contributed by atoms with Crippen LogP contribution in [-0.2, 0) is 10.9 Å². The van der Waals surface area contributed by atoms with E-state index in [-0.39, 0.29) is 10.0 Å². The van der Waals surface area contributed by atoms with Gasteiger partial charge in [0.25, 0.3) is 0 Å². The Kier molecular flexibility index (Phi) is 4.10.